The first kappa shape index (κ1) is 17.0. The molecule has 0 radical (unpaired) electrons. The second kappa shape index (κ2) is 6.50. The third-order valence-corrected chi connectivity index (χ3v) is 6.83. The topological polar surface area (TPSA) is 51.6 Å². The third-order valence-electron chi connectivity index (χ3n) is 6.83. The van der Waals surface area contributed by atoms with Crippen molar-refractivity contribution >= 4 is 5.82 Å². The molecule has 5 rings (SSSR count). The van der Waals surface area contributed by atoms with Crippen LogP contribution in [0, 0.1) is 0 Å². The van der Waals surface area contributed by atoms with E-state index in [1.54, 1.807) is 6.07 Å². The maximum absolute atomic E-state index is 10.0. The number of likely N-dealkylation sites (N-methyl/N-ethyl adjacent to an activating group) is 1. The summed E-state index contributed by atoms with van der Waals surface area (Å²) in [6.45, 7) is 5.25. The molecule has 3 aliphatic heterocycles. The number of aromatic hydroxyl groups is 1. The molecule has 1 fully saturated rings. The monoisotopic (exact) mass is 364 g/mol. The highest BCUT2D eigenvalue weighted by Gasteiger charge is 2.44. The number of nitrogens with one attached hydrogen (secondary N) is 1. The molecular formula is C22H28N4O. The summed E-state index contributed by atoms with van der Waals surface area (Å²) in [6, 6.07) is 10.7. The Morgan fingerprint density at radius 3 is 2.93 bits per heavy atom. The minimum Gasteiger partial charge on any atom is -0.508 e. The Hall–Kier alpha value is -2.11. The maximum Gasteiger partial charge on any atom is 0.132 e. The fourth-order valence-electron chi connectivity index (χ4n) is 5.36. The van der Waals surface area contributed by atoms with E-state index in [1.165, 1.54) is 29.8 Å². The summed E-state index contributed by atoms with van der Waals surface area (Å²) >= 11 is 0. The van der Waals surface area contributed by atoms with Crippen LogP contribution in [0.1, 0.15) is 29.5 Å². The number of anilines is 1. The van der Waals surface area contributed by atoms with Gasteiger partial charge < -0.3 is 20.2 Å². The van der Waals surface area contributed by atoms with E-state index < -0.39 is 0 Å². The van der Waals surface area contributed by atoms with E-state index in [-0.39, 0.29) is 5.41 Å². The summed E-state index contributed by atoms with van der Waals surface area (Å²) in [4.78, 5) is 9.56. The molecule has 0 aliphatic carbocycles. The maximum atomic E-state index is 10.0. The van der Waals surface area contributed by atoms with Crippen LogP contribution < -0.4 is 10.2 Å². The summed E-state index contributed by atoms with van der Waals surface area (Å²) in [5, 5.41) is 13.7. The minimum atomic E-state index is 0.285. The summed E-state index contributed by atoms with van der Waals surface area (Å²) < 4.78 is 0. The SMILES string of the molecule is CN1CC2(CCN(CC3Cc4cccc(O)c4CN3)CC2)c2cccnc21. The van der Waals surface area contributed by atoms with Gasteiger partial charge >= 0.3 is 0 Å². The number of fused-ring (bicyclic) bond motifs is 3. The van der Waals surface area contributed by atoms with Gasteiger partial charge in [-0.2, -0.15) is 0 Å². The lowest BCUT2D eigenvalue weighted by Crippen LogP contribution is -2.50. The number of rotatable bonds is 2. The number of hydrogen-bond acceptors (Lipinski definition) is 5. The quantitative estimate of drug-likeness (QED) is 0.856. The Kier molecular flexibility index (Phi) is 4.10. The van der Waals surface area contributed by atoms with E-state index in [2.05, 4.69) is 45.3 Å². The van der Waals surface area contributed by atoms with Gasteiger partial charge in [0.05, 0.1) is 0 Å². The number of phenolic OH excluding ortho intramolecular Hbond substituents is 1. The Labute approximate surface area is 161 Å². The normalized spacial score (nSPS) is 24.0. The van der Waals surface area contributed by atoms with Crippen LogP contribution in [-0.4, -0.2) is 54.3 Å². The molecule has 1 atom stereocenters. The summed E-state index contributed by atoms with van der Waals surface area (Å²) in [6.07, 6.45) is 5.33. The van der Waals surface area contributed by atoms with Gasteiger partial charge in [0, 0.05) is 55.5 Å². The second-order valence-electron chi connectivity index (χ2n) is 8.51. The lowest BCUT2D eigenvalue weighted by molar-refractivity contribution is 0.150. The van der Waals surface area contributed by atoms with Crippen LogP contribution in [0.25, 0.3) is 0 Å². The van der Waals surface area contributed by atoms with Crippen molar-refractivity contribution in [2.24, 2.45) is 0 Å². The van der Waals surface area contributed by atoms with Crippen molar-refractivity contribution in [3.63, 3.8) is 0 Å². The number of hydrogen-bond donors (Lipinski definition) is 2. The minimum absolute atomic E-state index is 0.285. The van der Waals surface area contributed by atoms with Gasteiger partial charge in [0.1, 0.15) is 11.6 Å². The fourth-order valence-corrected chi connectivity index (χ4v) is 5.36. The predicted octanol–water partition coefficient (Wildman–Crippen LogP) is 2.29. The Balaban J connectivity index is 1.24. The van der Waals surface area contributed by atoms with E-state index in [0.717, 1.165) is 44.7 Å². The van der Waals surface area contributed by atoms with Gasteiger partial charge in [-0.25, -0.2) is 4.98 Å². The van der Waals surface area contributed by atoms with Crippen LogP contribution >= 0.6 is 0 Å². The van der Waals surface area contributed by atoms with Crippen molar-refractivity contribution in [2.75, 3.05) is 38.1 Å². The van der Waals surface area contributed by atoms with Gasteiger partial charge in [0.2, 0.25) is 0 Å². The van der Waals surface area contributed by atoms with Crippen LogP contribution in [0.4, 0.5) is 5.82 Å². The van der Waals surface area contributed by atoms with E-state index in [4.69, 9.17) is 0 Å². The molecule has 5 nitrogen and oxygen atoms in total. The molecule has 1 spiro atoms. The van der Waals surface area contributed by atoms with Gasteiger partial charge in [-0.1, -0.05) is 18.2 Å². The molecular weight excluding hydrogens is 336 g/mol. The molecule has 0 saturated carbocycles. The van der Waals surface area contributed by atoms with E-state index in [0.29, 0.717) is 11.8 Å². The van der Waals surface area contributed by atoms with Crippen molar-refractivity contribution in [1.29, 1.82) is 0 Å². The molecule has 1 saturated heterocycles. The molecule has 2 N–H and O–H groups in total. The lowest BCUT2D eigenvalue weighted by Gasteiger charge is -2.41. The number of aromatic nitrogens is 1. The van der Waals surface area contributed by atoms with Crippen molar-refractivity contribution in [3.8, 4) is 5.75 Å². The molecule has 4 heterocycles. The first-order valence-electron chi connectivity index (χ1n) is 10.1. The average Bonchev–Trinajstić information content (AvgIpc) is 2.96. The number of pyridine rings is 1. The Morgan fingerprint density at radius 2 is 2.07 bits per heavy atom. The summed E-state index contributed by atoms with van der Waals surface area (Å²) in [5.41, 5.74) is 4.11. The largest absolute Gasteiger partial charge is 0.508 e. The number of nitrogens with zero attached hydrogens (tertiary/aromatic N) is 3. The molecule has 2 aromatic rings. The molecule has 1 aromatic heterocycles. The van der Waals surface area contributed by atoms with E-state index in [9.17, 15) is 5.11 Å². The average molecular weight is 364 g/mol. The van der Waals surface area contributed by atoms with E-state index in [1.807, 2.05) is 12.3 Å². The first-order valence-corrected chi connectivity index (χ1v) is 10.1. The smallest absolute Gasteiger partial charge is 0.132 e. The summed E-state index contributed by atoms with van der Waals surface area (Å²) in [7, 11) is 2.17. The first-order chi connectivity index (χ1) is 13.1. The van der Waals surface area contributed by atoms with Gasteiger partial charge in [-0.3, -0.25) is 0 Å². The number of piperidine rings is 1. The van der Waals surface area contributed by atoms with Gasteiger partial charge in [0.25, 0.3) is 0 Å². The van der Waals surface area contributed by atoms with E-state index >= 15 is 0 Å². The van der Waals surface area contributed by atoms with Crippen molar-refractivity contribution in [1.82, 2.24) is 15.2 Å². The fraction of sp³-hybridized carbons (Fsp3) is 0.500. The molecule has 0 bridgehead atoms. The highest BCUT2D eigenvalue weighted by Crippen LogP contribution is 2.45. The number of benzene rings is 1. The van der Waals surface area contributed by atoms with Crippen LogP contribution in [0.15, 0.2) is 36.5 Å². The molecule has 1 aromatic carbocycles. The summed E-state index contributed by atoms with van der Waals surface area (Å²) in [5.74, 6) is 1.60. The van der Waals surface area contributed by atoms with Crippen molar-refractivity contribution < 1.29 is 5.11 Å². The van der Waals surface area contributed by atoms with Crippen molar-refractivity contribution in [3.05, 3.63) is 53.2 Å². The van der Waals surface area contributed by atoms with Gasteiger partial charge in [-0.05, 0) is 50.0 Å². The zero-order valence-corrected chi connectivity index (χ0v) is 16.0. The number of likely N-dealkylation sites (tertiary alicyclic amines) is 1. The molecule has 0 amide bonds. The zero-order chi connectivity index (χ0) is 18.4. The van der Waals surface area contributed by atoms with Crippen LogP contribution in [0.2, 0.25) is 0 Å². The standard InChI is InChI=1S/C22H28N4O/c1-25-15-22(19-5-3-9-23-21(19)25)7-10-26(11-8-22)14-17-12-16-4-2-6-20(27)18(16)13-24-17/h2-6,9,17,24,27H,7-8,10-15H2,1H3. The van der Waals surface area contributed by atoms with Gasteiger partial charge in [0.15, 0.2) is 0 Å². The molecule has 27 heavy (non-hydrogen) atoms. The Morgan fingerprint density at radius 1 is 1.22 bits per heavy atom. The molecule has 5 heteroatoms. The predicted molar refractivity (Wildman–Crippen MR) is 107 cm³/mol. The van der Waals surface area contributed by atoms with Crippen LogP contribution in [0.3, 0.4) is 0 Å². The second-order valence-corrected chi connectivity index (χ2v) is 8.51. The highest BCUT2D eigenvalue weighted by molar-refractivity contribution is 5.57. The lowest BCUT2D eigenvalue weighted by atomic mass is 9.74. The molecule has 142 valence electrons. The van der Waals surface area contributed by atoms with Crippen LogP contribution in [-0.2, 0) is 18.4 Å². The van der Waals surface area contributed by atoms with Crippen molar-refractivity contribution in [2.45, 2.75) is 37.3 Å². The highest BCUT2D eigenvalue weighted by atomic mass is 16.3. The Bertz CT molecular complexity index is 844. The third kappa shape index (κ3) is 2.89. The number of phenols is 1. The molecule has 3 aliphatic rings. The van der Waals surface area contributed by atoms with Gasteiger partial charge in [-0.15, -0.1) is 0 Å². The molecule has 1 unspecified atom stereocenters. The zero-order valence-electron chi connectivity index (χ0n) is 16.0. The van der Waals surface area contributed by atoms with Crippen LogP contribution in [0.5, 0.6) is 5.75 Å².